The zero-order chi connectivity index (χ0) is 45.6. The molecule has 0 unspecified atom stereocenters. The first-order chi connectivity index (χ1) is 28.3. The van der Waals surface area contributed by atoms with Gasteiger partial charge >= 0.3 is 0 Å². The lowest BCUT2D eigenvalue weighted by Gasteiger charge is -2.36. The summed E-state index contributed by atoms with van der Waals surface area (Å²) in [6, 6.07) is 6.82. The maximum atomic E-state index is 14.0. The molecule has 0 spiro atoms. The minimum atomic E-state index is -3.85. The van der Waals surface area contributed by atoms with Gasteiger partial charge in [0.1, 0.15) is 9.79 Å². The van der Waals surface area contributed by atoms with Crippen molar-refractivity contribution in [2.24, 2.45) is 0 Å². The van der Waals surface area contributed by atoms with Crippen LogP contribution in [-0.4, -0.2) is 98.2 Å². The molecule has 0 N–H and O–H groups in total. The number of sulfone groups is 2. The second-order valence-electron chi connectivity index (χ2n) is 19.1. The highest BCUT2D eigenvalue weighted by molar-refractivity contribution is 7.91. The van der Waals surface area contributed by atoms with Crippen LogP contribution in [0.25, 0.3) is 0 Å². The van der Waals surface area contributed by atoms with Crippen LogP contribution in [0.3, 0.4) is 0 Å². The van der Waals surface area contributed by atoms with Crippen LogP contribution < -0.4 is 18.9 Å². The van der Waals surface area contributed by atoms with E-state index in [2.05, 4.69) is 67.7 Å². The summed E-state index contributed by atoms with van der Waals surface area (Å²) < 4.78 is 111. The van der Waals surface area contributed by atoms with Gasteiger partial charge in [-0.2, -0.15) is 0 Å². The first-order valence-corrected chi connectivity index (χ1v) is 30.8. The molecule has 2 aromatic carbocycles. The highest BCUT2D eigenvalue weighted by Gasteiger charge is 2.40. The van der Waals surface area contributed by atoms with Gasteiger partial charge < -0.3 is 42.0 Å². The Morgan fingerprint density at radius 3 is 1.26 bits per heavy atom. The number of benzene rings is 2. The molecule has 2 heterocycles. The topological polar surface area (TPSA) is 151 Å². The molecule has 2 aromatic rings. The molecule has 2 aliphatic heterocycles. The van der Waals surface area contributed by atoms with Crippen molar-refractivity contribution in [3.8, 4) is 23.0 Å². The molecule has 0 saturated carbocycles. The molecule has 348 valence electrons. The molecule has 17 heteroatoms. The predicted octanol–water partition coefficient (Wildman–Crippen LogP) is 9.94. The Hall–Kier alpha value is -2.23. The summed E-state index contributed by atoms with van der Waals surface area (Å²) in [5.74, 6) is 0.602. The van der Waals surface area contributed by atoms with Crippen LogP contribution in [0.2, 0.25) is 36.3 Å². The molecular weight excluding hydrogens is 857 g/mol. The first-order valence-electron chi connectivity index (χ1n) is 21.7. The Balaban J connectivity index is 1.51. The fourth-order valence-corrected chi connectivity index (χ4v) is 11.5. The maximum absolute atomic E-state index is 14.0. The van der Waals surface area contributed by atoms with Crippen molar-refractivity contribution in [1.29, 1.82) is 0 Å². The second kappa shape index (κ2) is 20.7. The van der Waals surface area contributed by atoms with Crippen molar-refractivity contribution in [2.75, 3.05) is 52.2 Å². The summed E-state index contributed by atoms with van der Waals surface area (Å²) >= 11 is 0. The Kier molecular flexibility index (Phi) is 17.5. The third-order valence-electron chi connectivity index (χ3n) is 12.3. The van der Waals surface area contributed by atoms with Crippen LogP contribution >= 0.6 is 0 Å². The Morgan fingerprint density at radius 1 is 0.590 bits per heavy atom. The van der Waals surface area contributed by atoms with Crippen LogP contribution in [-0.2, 0) is 42.7 Å². The molecule has 13 nitrogen and oxygen atoms in total. The minimum Gasteiger partial charge on any atom is -0.493 e. The van der Waals surface area contributed by atoms with Gasteiger partial charge in [0.25, 0.3) is 0 Å². The molecule has 0 radical (unpaired) electrons. The first kappa shape index (κ1) is 51.4. The molecule has 4 rings (SSSR count). The van der Waals surface area contributed by atoms with Crippen molar-refractivity contribution >= 4 is 36.3 Å². The van der Waals surface area contributed by atoms with Crippen LogP contribution in [0, 0.1) is 0 Å². The summed E-state index contributed by atoms with van der Waals surface area (Å²) in [6.07, 6.45) is 1.43. The number of hydrogen-bond acceptors (Lipinski definition) is 13. The van der Waals surface area contributed by atoms with Gasteiger partial charge in [0, 0.05) is 26.1 Å². The Bertz CT molecular complexity index is 1850. The van der Waals surface area contributed by atoms with E-state index in [9.17, 15) is 16.8 Å². The largest absolute Gasteiger partial charge is 0.493 e. The van der Waals surface area contributed by atoms with Gasteiger partial charge in [0.15, 0.2) is 71.9 Å². The van der Waals surface area contributed by atoms with Crippen molar-refractivity contribution < 1.29 is 58.8 Å². The molecule has 61 heavy (non-hydrogen) atoms. The third-order valence-corrected chi connectivity index (χ3v) is 24.8. The quantitative estimate of drug-likeness (QED) is 0.103. The lowest BCUT2D eigenvalue weighted by atomic mass is 10.1. The maximum Gasteiger partial charge on any atom is 0.192 e. The van der Waals surface area contributed by atoms with E-state index < -0.39 is 61.1 Å². The van der Waals surface area contributed by atoms with Gasteiger partial charge in [-0.1, -0.05) is 55.4 Å². The van der Waals surface area contributed by atoms with E-state index in [1.807, 2.05) is 13.8 Å². The van der Waals surface area contributed by atoms with Crippen LogP contribution in [0.15, 0.2) is 34.1 Å². The summed E-state index contributed by atoms with van der Waals surface area (Å²) in [7, 11) is -9.07. The van der Waals surface area contributed by atoms with Gasteiger partial charge in [-0.15, -0.1) is 0 Å². The van der Waals surface area contributed by atoms with Crippen molar-refractivity contribution in [2.45, 2.75) is 165 Å². The lowest BCUT2D eigenvalue weighted by molar-refractivity contribution is -0.234. The molecule has 0 aromatic heterocycles. The van der Waals surface area contributed by atoms with Crippen LogP contribution in [0.4, 0.5) is 0 Å². The van der Waals surface area contributed by atoms with Gasteiger partial charge in [-0.25, -0.2) is 16.8 Å². The van der Waals surface area contributed by atoms with E-state index >= 15 is 0 Å². The monoisotopic (exact) mass is 930 g/mol. The zero-order valence-corrected chi connectivity index (χ0v) is 42.9. The van der Waals surface area contributed by atoms with Crippen molar-refractivity contribution in [3.05, 3.63) is 35.4 Å². The number of ether oxygens (including phenoxy) is 7. The molecule has 0 aliphatic carbocycles. The van der Waals surface area contributed by atoms with Crippen molar-refractivity contribution in [3.63, 3.8) is 0 Å². The Morgan fingerprint density at radius 2 is 0.951 bits per heavy atom. The highest BCUT2D eigenvalue weighted by Crippen LogP contribution is 2.46. The molecular formula is C44H74O13S2Si2. The van der Waals surface area contributed by atoms with Crippen LogP contribution in [0.1, 0.15) is 117 Å². The van der Waals surface area contributed by atoms with Gasteiger partial charge in [-0.05, 0) is 97.3 Å². The van der Waals surface area contributed by atoms with E-state index in [0.717, 1.165) is 0 Å². The number of hydrogen-bond donors (Lipinski definition) is 0. The average molecular weight is 931 g/mol. The average Bonchev–Trinajstić information content (AvgIpc) is 3.84. The summed E-state index contributed by atoms with van der Waals surface area (Å²) in [6.45, 7) is 25.8. The number of methoxy groups -OCH3 is 2. The highest BCUT2D eigenvalue weighted by atomic mass is 32.2. The molecule has 2 saturated heterocycles. The van der Waals surface area contributed by atoms with Gasteiger partial charge in [-0.3, -0.25) is 0 Å². The number of rotatable bonds is 22. The normalized spacial score (nSPS) is 20.6. The molecule has 4 atom stereocenters. The van der Waals surface area contributed by atoms with E-state index in [-0.39, 0.29) is 56.1 Å². The molecule has 0 bridgehead atoms. The summed E-state index contributed by atoms with van der Waals surface area (Å²) in [5.41, 5.74) is 1.28. The smallest absolute Gasteiger partial charge is 0.192 e. The summed E-state index contributed by atoms with van der Waals surface area (Å²) in [4.78, 5) is 0.102. The molecule has 2 aliphatic rings. The second-order valence-corrected chi connectivity index (χ2v) is 32.8. The predicted molar refractivity (Wildman–Crippen MR) is 243 cm³/mol. The molecule has 2 fully saturated rings. The van der Waals surface area contributed by atoms with E-state index in [4.69, 9.17) is 42.0 Å². The summed E-state index contributed by atoms with van der Waals surface area (Å²) in [5, 5.41) is -0.123. The fraction of sp³-hybridized carbons (Fsp3) is 0.727. The van der Waals surface area contributed by atoms with Gasteiger partial charge in [0.2, 0.25) is 0 Å². The molecule has 0 amide bonds. The zero-order valence-electron chi connectivity index (χ0n) is 39.2. The lowest BCUT2D eigenvalue weighted by Crippen LogP contribution is -2.41. The van der Waals surface area contributed by atoms with Crippen LogP contribution in [0.5, 0.6) is 23.0 Å². The standard InChI is InChI=1S/C44H74O13S2Si2/c1-15-21-51-41-35(49-9)27-31(29-37(41)58(45,46)25-23-53-60(11,12)43(3,4)5)33-17-19-39(55-33)57-40-20-18-34(56-40)32-28-36(50-10)42(52-22-16-2)38(30-32)59(47,48)26-24-54-61(13,14)44(6,7)8/h27-30,33-34,39-40H,15-26H2,1-14H3/t33-,34-,39-,40+/m0/s1. The Labute approximate surface area is 368 Å². The minimum absolute atomic E-state index is 0.0510. The fourth-order valence-electron chi connectivity index (χ4n) is 6.56. The van der Waals surface area contributed by atoms with E-state index in [1.165, 1.54) is 14.2 Å². The van der Waals surface area contributed by atoms with E-state index in [0.29, 0.717) is 74.4 Å². The van der Waals surface area contributed by atoms with Crippen molar-refractivity contribution in [1.82, 2.24) is 0 Å². The van der Waals surface area contributed by atoms with Gasteiger partial charge in [0.05, 0.1) is 51.1 Å². The van der Waals surface area contributed by atoms with E-state index in [1.54, 1.807) is 24.3 Å². The SMILES string of the molecule is CCCOc1c(OC)cc([C@@H]2CC[C@H](O[C@@H]3CC[C@@H](c4cc(OC)c(OCCC)c(S(=O)(=O)CCO[Si](C)(C)C(C)(C)C)c4)O3)O2)cc1S(=O)(=O)CCO[Si](C)(C)C(C)(C)C. The third kappa shape index (κ3) is 13.0.